The fourth-order valence-electron chi connectivity index (χ4n) is 1.67. The number of hydrogen-bond donors (Lipinski definition) is 2. The van der Waals surface area contributed by atoms with E-state index in [0.717, 1.165) is 22.0 Å². The van der Waals surface area contributed by atoms with Crippen LogP contribution in [0.25, 0.3) is 11.3 Å². The molecule has 0 radical (unpaired) electrons. The third-order valence-corrected chi connectivity index (χ3v) is 3.59. The van der Waals surface area contributed by atoms with Crippen molar-refractivity contribution in [2.45, 2.75) is 26.3 Å². The van der Waals surface area contributed by atoms with Crippen LogP contribution in [0, 0.1) is 6.92 Å². The van der Waals surface area contributed by atoms with E-state index in [-0.39, 0.29) is 5.91 Å². The molecule has 0 aliphatic heterocycles. The summed E-state index contributed by atoms with van der Waals surface area (Å²) in [6, 6.07) is 7.17. The quantitative estimate of drug-likeness (QED) is 0.901. The highest BCUT2D eigenvalue weighted by Crippen LogP contribution is 2.24. The average molecular weight is 275 g/mol. The standard InChI is InChI=1S/C14H17N3OS/c1-3-12(15)14(18)17-11-6-4-5-10(7-11)13-8-19-9(2)16-13/h4-8,12H,3,15H2,1-2H3,(H,17,18)/t12-/m0/s1. The number of aryl methyl sites for hydroxylation is 1. The molecule has 2 aromatic rings. The molecule has 1 aromatic heterocycles. The first kappa shape index (κ1) is 13.7. The van der Waals surface area contributed by atoms with E-state index in [1.54, 1.807) is 11.3 Å². The Morgan fingerprint density at radius 2 is 2.32 bits per heavy atom. The summed E-state index contributed by atoms with van der Waals surface area (Å²) in [5, 5.41) is 5.85. The fourth-order valence-corrected chi connectivity index (χ4v) is 2.29. The highest BCUT2D eigenvalue weighted by Gasteiger charge is 2.11. The van der Waals surface area contributed by atoms with E-state index in [1.807, 2.05) is 43.5 Å². The van der Waals surface area contributed by atoms with Crippen LogP contribution >= 0.6 is 11.3 Å². The van der Waals surface area contributed by atoms with Gasteiger partial charge in [-0.2, -0.15) is 0 Å². The average Bonchev–Trinajstić information content (AvgIpc) is 2.84. The predicted octanol–water partition coefficient (Wildman–Crippen LogP) is 2.79. The molecule has 0 unspecified atom stereocenters. The van der Waals surface area contributed by atoms with Gasteiger partial charge < -0.3 is 11.1 Å². The molecule has 0 saturated heterocycles. The molecule has 1 atom stereocenters. The van der Waals surface area contributed by atoms with Crippen LogP contribution in [-0.2, 0) is 4.79 Å². The van der Waals surface area contributed by atoms with Crippen molar-refractivity contribution >= 4 is 22.9 Å². The molecular weight excluding hydrogens is 258 g/mol. The van der Waals surface area contributed by atoms with Gasteiger partial charge in [0.25, 0.3) is 0 Å². The summed E-state index contributed by atoms with van der Waals surface area (Å²) in [6.45, 7) is 3.86. The monoisotopic (exact) mass is 275 g/mol. The number of anilines is 1. The van der Waals surface area contributed by atoms with Gasteiger partial charge in [0.05, 0.1) is 16.7 Å². The number of nitrogens with one attached hydrogen (secondary N) is 1. The lowest BCUT2D eigenvalue weighted by molar-refractivity contribution is -0.117. The number of aromatic nitrogens is 1. The van der Waals surface area contributed by atoms with Crippen LogP contribution in [0.15, 0.2) is 29.6 Å². The molecule has 1 aromatic carbocycles. The number of carbonyl (C=O) groups is 1. The topological polar surface area (TPSA) is 68.0 Å². The number of amides is 1. The number of benzene rings is 1. The lowest BCUT2D eigenvalue weighted by Gasteiger charge is -2.10. The van der Waals surface area contributed by atoms with E-state index < -0.39 is 6.04 Å². The molecule has 0 aliphatic rings. The Morgan fingerprint density at radius 1 is 1.53 bits per heavy atom. The second-order valence-electron chi connectivity index (χ2n) is 4.34. The van der Waals surface area contributed by atoms with Crippen molar-refractivity contribution in [3.05, 3.63) is 34.7 Å². The van der Waals surface area contributed by atoms with Crippen LogP contribution < -0.4 is 11.1 Å². The molecular formula is C14H17N3OS. The predicted molar refractivity (Wildman–Crippen MR) is 79.2 cm³/mol. The molecule has 5 heteroatoms. The van der Waals surface area contributed by atoms with Gasteiger partial charge in [-0.3, -0.25) is 4.79 Å². The van der Waals surface area contributed by atoms with Crippen molar-refractivity contribution in [3.8, 4) is 11.3 Å². The van der Waals surface area contributed by atoms with Crippen LogP contribution in [0.2, 0.25) is 0 Å². The highest BCUT2D eigenvalue weighted by molar-refractivity contribution is 7.09. The maximum absolute atomic E-state index is 11.7. The second kappa shape index (κ2) is 5.95. The van der Waals surface area contributed by atoms with Crippen molar-refractivity contribution in [2.24, 2.45) is 5.73 Å². The van der Waals surface area contributed by atoms with Gasteiger partial charge in [0.1, 0.15) is 0 Å². The van der Waals surface area contributed by atoms with Gasteiger partial charge in [-0.15, -0.1) is 11.3 Å². The smallest absolute Gasteiger partial charge is 0.241 e. The molecule has 0 fully saturated rings. The molecule has 0 spiro atoms. The van der Waals surface area contributed by atoms with Gasteiger partial charge >= 0.3 is 0 Å². The zero-order valence-corrected chi connectivity index (χ0v) is 11.8. The van der Waals surface area contributed by atoms with Crippen LogP contribution in [0.1, 0.15) is 18.4 Å². The summed E-state index contributed by atoms with van der Waals surface area (Å²) in [7, 11) is 0. The van der Waals surface area contributed by atoms with E-state index in [9.17, 15) is 4.79 Å². The Morgan fingerprint density at radius 3 is 2.95 bits per heavy atom. The minimum absolute atomic E-state index is 0.158. The minimum Gasteiger partial charge on any atom is -0.325 e. The van der Waals surface area contributed by atoms with Crippen molar-refractivity contribution in [1.82, 2.24) is 4.98 Å². The molecule has 0 bridgehead atoms. The van der Waals surface area contributed by atoms with Crippen LogP contribution in [0.3, 0.4) is 0 Å². The summed E-state index contributed by atoms with van der Waals surface area (Å²) in [6.07, 6.45) is 0.622. The molecule has 1 heterocycles. The maximum Gasteiger partial charge on any atom is 0.241 e. The van der Waals surface area contributed by atoms with Gasteiger partial charge in [0.2, 0.25) is 5.91 Å². The number of thiazole rings is 1. The summed E-state index contributed by atoms with van der Waals surface area (Å²) < 4.78 is 0. The lowest BCUT2D eigenvalue weighted by Crippen LogP contribution is -2.34. The second-order valence-corrected chi connectivity index (χ2v) is 5.40. The minimum atomic E-state index is -0.467. The SMILES string of the molecule is CC[C@H](N)C(=O)Nc1cccc(-c2csc(C)n2)c1. The maximum atomic E-state index is 11.7. The van der Waals surface area contributed by atoms with E-state index in [1.165, 1.54) is 0 Å². The third kappa shape index (κ3) is 3.39. The van der Waals surface area contributed by atoms with E-state index in [4.69, 9.17) is 5.73 Å². The van der Waals surface area contributed by atoms with Crippen molar-refractivity contribution in [3.63, 3.8) is 0 Å². The van der Waals surface area contributed by atoms with Crippen LogP contribution in [0.5, 0.6) is 0 Å². The summed E-state index contributed by atoms with van der Waals surface area (Å²) >= 11 is 1.61. The van der Waals surface area contributed by atoms with Gasteiger partial charge in [-0.1, -0.05) is 19.1 Å². The Bertz CT molecular complexity index is 580. The molecule has 100 valence electrons. The van der Waals surface area contributed by atoms with Gasteiger partial charge in [0.15, 0.2) is 0 Å². The number of carbonyl (C=O) groups excluding carboxylic acids is 1. The fraction of sp³-hybridized carbons (Fsp3) is 0.286. The molecule has 0 aliphatic carbocycles. The first-order valence-corrected chi connectivity index (χ1v) is 7.07. The molecule has 3 N–H and O–H groups in total. The highest BCUT2D eigenvalue weighted by atomic mass is 32.1. The molecule has 4 nitrogen and oxygen atoms in total. The Hall–Kier alpha value is -1.72. The lowest BCUT2D eigenvalue weighted by atomic mass is 10.1. The van der Waals surface area contributed by atoms with E-state index in [2.05, 4.69) is 10.3 Å². The molecule has 19 heavy (non-hydrogen) atoms. The van der Waals surface area contributed by atoms with Crippen LogP contribution in [-0.4, -0.2) is 16.9 Å². The number of rotatable bonds is 4. The molecule has 2 rings (SSSR count). The zero-order valence-electron chi connectivity index (χ0n) is 11.0. The van der Waals surface area contributed by atoms with Crippen LogP contribution in [0.4, 0.5) is 5.69 Å². The number of nitrogens with two attached hydrogens (primary N) is 1. The molecule has 0 saturated carbocycles. The van der Waals surface area contributed by atoms with Gasteiger partial charge in [0, 0.05) is 16.6 Å². The normalized spacial score (nSPS) is 12.2. The molecule has 1 amide bonds. The first-order chi connectivity index (χ1) is 9.10. The van der Waals surface area contributed by atoms with Crippen molar-refractivity contribution < 1.29 is 4.79 Å². The number of hydrogen-bond acceptors (Lipinski definition) is 4. The van der Waals surface area contributed by atoms with Gasteiger partial charge in [-0.05, 0) is 25.5 Å². The zero-order chi connectivity index (χ0) is 13.8. The van der Waals surface area contributed by atoms with E-state index in [0.29, 0.717) is 6.42 Å². The largest absolute Gasteiger partial charge is 0.325 e. The Labute approximate surface area is 116 Å². The Kier molecular flexibility index (Phi) is 4.29. The number of nitrogens with zero attached hydrogens (tertiary/aromatic N) is 1. The van der Waals surface area contributed by atoms with Crippen molar-refractivity contribution in [1.29, 1.82) is 0 Å². The first-order valence-electron chi connectivity index (χ1n) is 6.19. The van der Waals surface area contributed by atoms with Gasteiger partial charge in [-0.25, -0.2) is 4.98 Å². The van der Waals surface area contributed by atoms with E-state index >= 15 is 0 Å². The summed E-state index contributed by atoms with van der Waals surface area (Å²) in [4.78, 5) is 16.2. The summed E-state index contributed by atoms with van der Waals surface area (Å²) in [5.41, 5.74) is 8.36. The van der Waals surface area contributed by atoms with Crippen molar-refractivity contribution in [2.75, 3.05) is 5.32 Å². The summed E-state index contributed by atoms with van der Waals surface area (Å²) in [5.74, 6) is -0.158. The Balaban J connectivity index is 2.18. The third-order valence-electron chi connectivity index (χ3n) is 2.82.